The molecule has 106 valence electrons. The summed E-state index contributed by atoms with van der Waals surface area (Å²) in [4.78, 5) is 2.65. The zero-order valence-corrected chi connectivity index (χ0v) is 13.1. The molecule has 1 aliphatic carbocycles. The van der Waals surface area contributed by atoms with Gasteiger partial charge in [0.25, 0.3) is 0 Å². The first-order valence-electron chi connectivity index (χ1n) is 7.49. The maximum atomic E-state index is 10.5. The summed E-state index contributed by atoms with van der Waals surface area (Å²) in [6, 6.07) is 8.73. The van der Waals surface area contributed by atoms with Crippen LogP contribution in [0, 0.1) is 13.8 Å². The quantitative estimate of drug-likeness (QED) is 0.879. The van der Waals surface area contributed by atoms with E-state index in [9.17, 15) is 5.11 Å². The van der Waals surface area contributed by atoms with Crippen LogP contribution in [-0.4, -0.2) is 5.11 Å². The fraction of sp³-hybridized carbons (Fsp3) is 0.444. The molecule has 20 heavy (non-hydrogen) atoms. The second-order valence-corrected chi connectivity index (χ2v) is 7.11. The minimum atomic E-state index is -0.354. The molecule has 1 nitrogen and oxygen atoms in total. The van der Waals surface area contributed by atoms with Crippen molar-refractivity contribution in [3.05, 3.63) is 56.3 Å². The largest absolute Gasteiger partial charge is 0.387 e. The van der Waals surface area contributed by atoms with Crippen LogP contribution >= 0.6 is 11.3 Å². The van der Waals surface area contributed by atoms with Crippen molar-refractivity contribution in [3.8, 4) is 0 Å². The molecule has 1 atom stereocenters. The fourth-order valence-corrected chi connectivity index (χ4v) is 4.18. The van der Waals surface area contributed by atoms with Gasteiger partial charge in [0.2, 0.25) is 0 Å². The number of aliphatic hydroxyl groups excluding tert-OH is 1. The van der Waals surface area contributed by atoms with Crippen molar-refractivity contribution in [3.63, 3.8) is 0 Å². The van der Waals surface area contributed by atoms with Gasteiger partial charge < -0.3 is 5.11 Å². The first-order chi connectivity index (χ1) is 9.63. The highest BCUT2D eigenvalue weighted by Crippen LogP contribution is 2.34. The van der Waals surface area contributed by atoms with Crippen molar-refractivity contribution in [2.24, 2.45) is 0 Å². The summed E-state index contributed by atoms with van der Waals surface area (Å²) in [7, 11) is 0. The van der Waals surface area contributed by atoms with Gasteiger partial charge in [-0.25, -0.2) is 0 Å². The van der Waals surface area contributed by atoms with Crippen LogP contribution in [0.25, 0.3) is 0 Å². The zero-order valence-electron chi connectivity index (χ0n) is 12.3. The van der Waals surface area contributed by atoms with Crippen LogP contribution in [0.1, 0.15) is 51.0 Å². The molecule has 0 bridgehead atoms. The molecular weight excluding hydrogens is 264 g/mol. The molecular formula is C18H22OS. The molecule has 1 aliphatic rings. The number of rotatable bonds is 3. The van der Waals surface area contributed by atoms with E-state index in [1.54, 1.807) is 0 Å². The molecule has 2 aromatic rings. The van der Waals surface area contributed by atoms with Gasteiger partial charge in [-0.2, -0.15) is 0 Å². The average molecular weight is 286 g/mol. The highest BCUT2D eigenvalue weighted by atomic mass is 32.1. The Hall–Kier alpha value is -1.12. The van der Waals surface area contributed by atoms with E-state index in [0.29, 0.717) is 0 Å². The fourth-order valence-electron chi connectivity index (χ4n) is 2.93. The van der Waals surface area contributed by atoms with Crippen LogP contribution in [0.3, 0.4) is 0 Å². The topological polar surface area (TPSA) is 20.2 Å². The summed E-state index contributed by atoms with van der Waals surface area (Å²) in [6.07, 6.45) is 5.38. The van der Waals surface area contributed by atoms with E-state index in [2.05, 4.69) is 38.1 Å². The van der Waals surface area contributed by atoms with Gasteiger partial charge in [0.15, 0.2) is 0 Å². The molecule has 3 rings (SSSR count). The lowest BCUT2D eigenvalue weighted by Gasteiger charge is -2.10. The van der Waals surface area contributed by atoms with E-state index in [-0.39, 0.29) is 6.10 Å². The minimum Gasteiger partial charge on any atom is -0.387 e. The van der Waals surface area contributed by atoms with Gasteiger partial charge in [-0.15, -0.1) is 11.3 Å². The Morgan fingerprint density at radius 2 is 1.90 bits per heavy atom. The Morgan fingerprint density at radius 1 is 1.10 bits per heavy atom. The number of hydrogen-bond donors (Lipinski definition) is 1. The normalized spacial score (nSPS) is 15.9. The van der Waals surface area contributed by atoms with Gasteiger partial charge >= 0.3 is 0 Å². The number of aliphatic hydroxyl groups is 1. The van der Waals surface area contributed by atoms with E-state index >= 15 is 0 Å². The van der Waals surface area contributed by atoms with Crippen molar-refractivity contribution in [1.29, 1.82) is 0 Å². The van der Waals surface area contributed by atoms with Crippen LogP contribution in [0.15, 0.2) is 24.3 Å². The summed E-state index contributed by atoms with van der Waals surface area (Å²) < 4.78 is 0. The first-order valence-corrected chi connectivity index (χ1v) is 8.31. The maximum absolute atomic E-state index is 10.5. The second kappa shape index (κ2) is 5.71. The molecule has 0 saturated carbocycles. The van der Waals surface area contributed by atoms with E-state index < -0.39 is 0 Å². The van der Waals surface area contributed by atoms with Gasteiger partial charge in [0.05, 0.1) is 6.10 Å². The Morgan fingerprint density at radius 3 is 2.65 bits per heavy atom. The Labute approximate surface area is 125 Å². The minimum absolute atomic E-state index is 0.354. The molecule has 0 amide bonds. The van der Waals surface area contributed by atoms with Crippen LogP contribution in [0.5, 0.6) is 0 Å². The maximum Gasteiger partial charge on any atom is 0.0922 e. The van der Waals surface area contributed by atoms with Gasteiger partial charge in [-0.3, -0.25) is 0 Å². The lowest BCUT2D eigenvalue weighted by Crippen LogP contribution is -2.00. The SMILES string of the molecule is Cc1ccc(CC(O)c2cc3c(s2)CCCC3)cc1C. The number of aryl methyl sites for hydroxylation is 4. The molecule has 1 aromatic heterocycles. The third kappa shape index (κ3) is 2.82. The molecule has 0 spiro atoms. The molecule has 0 fully saturated rings. The third-order valence-corrected chi connectivity index (χ3v) is 5.68. The average Bonchev–Trinajstić information content (AvgIpc) is 2.87. The van der Waals surface area contributed by atoms with E-state index in [0.717, 1.165) is 11.3 Å². The van der Waals surface area contributed by atoms with Crippen LogP contribution in [-0.2, 0) is 19.3 Å². The van der Waals surface area contributed by atoms with Gasteiger partial charge in [-0.05, 0) is 67.9 Å². The van der Waals surface area contributed by atoms with Crippen LogP contribution < -0.4 is 0 Å². The van der Waals surface area contributed by atoms with E-state index in [4.69, 9.17) is 0 Å². The smallest absolute Gasteiger partial charge is 0.0922 e. The lowest BCUT2D eigenvalue weighted by molar-refractivity contribution is 0.182. The third-order valence-electron chi connectivity index (χ3n) is 4.34. The number of thiophene rings is 1. The van der Waals surface area contributed by atoms with Gasteiger partial charge in [0, 0.05) is 16.2 Å². The predicted octanol–water partition coefficient (Wildman–Crippen LogP) is 4.52. The molecule has 0 aliphatic heterocycles. The van der Waals surface area contributed by atoms with Crippen LogP contribution in [0.4, 0.5) is 0 Å². The lowest BCUT2D eigenvalue weighted by atomic mass is 9.98. The molecule has 0 radical (unpaired) electrons. The first kappa shape index (κ1) is 13.8. The standard InChI is InChI=1S/C18H22OS/c1-12-7-8-14(9-13(12)2)10-16(19)18-11-15-5-3-4-6-17(15)20-18/h7-9,11,16,19H,3-6,10H2,1-2H3. The molecule has 2 heteroatoms. The van der Waals surface area contributed by atoms with E-state index in [1.165, 1.54) is 52.8 Å². The molecule has 0 saturated heterocycles. The number of hydrogen-bond acceptors (Lipinski definition) is 2. The predicted molar refractivity (Wildman–Crippen MR) is 85.5 cm³/mol. The summed E-state index contributed by atoms with van der Waals surface area (Å²) >= 11 is 1.82. The monoisotopic (exact) mass is 286 g/mol. The van der Waals surface area contributed by atoms with Crippen molar-refractivity contribution in [1.82, 2.24) is 0 Å². The summed E-state index contributed by atoms with van der Waals surface area (Å²) in [5.41, 5.74) is 5.33. The second-order valence-electron chi connectivity index (χ2n) is 5.94. The van der Waals surface area contributed by atoms with Crippen LogP contribution in [0.2, 0.25) is 0 Å². The van der Waals surface area contributed by atoms with Gasteiger partial charge in [-0.1, -0.05) is 18.2 Å². The highest BCUT2D eigenvalue weighted by Gasteiger charge is 2.18. The Kier molecular flexibility index (Phi) is 3.95. The summed E-state index contributed by atoms with van der Waals surface area (Å²) in [6.45, 7) is 4.26. The molecule has 1 unspecified atom stereocenters. The van der Waals surface area contributed by atoms with Crippen molar-refractivity contribution in [2.45, 2.75) is 52.1 Å². The highest BCUT2D eigenvalue weighted by molar-refractivity contribution is 7.12. The number of fused-ring (bicyclic) bond motifs is 1. The molecule has 1 N–H and O–H groups in total. The molecule has 1 heterocycles. The summed E-state index contributed by atoms with van der Waals surface area (Å²) in [5.74, 6) is 0. The van der Waals surface area contributed by atoms with Gasteiger partial charge in [0.1, 0.15) is 0 Å². The van der Waals surface area contributed by atoms with Crippen molar-refractivity contribution >= 4 is 11.3 Å². The number of benzene rings is 1. The van der Waals surface area contributed by atoms with Crippen molar-refractivity contribution in [2.75, 3.05) is 0 Å². The zero-order chi connectivity index (χ0) is 14.1. The van der Waals surface area contributed by atoms with E-state index in [1.807, 2.05) is 11.3 Å². The summed E-state index contributed by atoms with van der Waals surface area (Å²) in [5, 5.41) is 10.5. The molecule has 1 aromatic carbocycles. The Balaban J connectivity index is 1.76. The Bertz CT molecular complexity index is 588. The van der Waals surface area contributed by atoms with Crippen molar-refractivity contribution < 1.29 is 5.11 Å².